The number of rotatable bonds is 4. The average Bonchev–Trinajstić information content (AvgIpc) is 2.87. The molecule has 20 heavy (non-hydrogen) atoms. The molecule has 108 valence electrons. The predicted octanol–water partition coefficient (Wildman–Crippen LogP) is 4.10. The second kappa shape index (κ2) is 4.92. The first kappa shape index (κ1) is 14.6. The Hall–Kier alpha value is -1.85. The summed E-state index contributed by atoms with van der Waals surface area (Å²) >= 11 is 0. The van der Waals surface area contributed by atoms with Gasteiger partial charge in [0.05, 0.1) is 0 Å². The molecule has 0 aliphatic heterocycles. The van der Waals surface area contributed by atoms with Crippen molar-refractivity contribution in [2.45, 2.75) is 32.2 Å². The minimum atomic E-state index is -4.37. The fourth-order valence-corrected chi connectivity index (χ4v) is 2.09. The van der Waals surface area contributed by atoms with Crippen LogP contribution >= 0.6 is 0 Å². The van der Waals surface area contributed by atoms with Crippen LogP contribution in [0.5, 0.6) is 0 Å². The molecule has 0 spiro atoms. The van der Waals surface area contributed by atoms with Crippen molar-refractivity contribution in [1.29, 1.82) is 0 Å². The fraction of sp³-hybridized carbons (Fsp3) is 0.357. The van der Waals surface area contributed by atoms with Gasteiger partial charge in [0.25, 0.3) is 0 Å². The van der Waals surface area contributed by atoms with Crippen LogP contribution < -0.4 is 0 Å². The summed E-state index contributed by atoms with van der Waals surface area (Å²) in [6.07, 6.45) is 2.12. The van der Waals surface area contributed by atoms with Crippen LogP contribution in [0.2, 0.25) is 0 Å². The Bertz CT molecular complexity index is 605. The Morgan fingerprint density at radius 3 is 2.40 bits per heavy atom. The van der Waals surface area contributed by atoms with Crippen LogP contribution in [0.3, 0.4) is 0 Å². The van der Waals surface area contributed by atoms with Crippen LogP contribution in [0.25, 0.3) is 0 Å². The van der Waals surface area contributed by atoms with Gasteiger partial charge in [0, 0.05) is 24.4 Å². The first-order valence-corrected chi connectivity index (χ1v) is 6.16. The van der Waals surface area contributed by atoms with Crippen LogP contribution in [0, 0.1) is 6.92 Å². The lowest BCUT2D eigenvalue weighted by molar-refractivity contribution is -0.269. The number of aromatic nitrogens is 2. The summed E-state index contributed by atoms with van der Waals surface area (Å²) in [4.78, 5) is 3.68. The zero-order valence-electron chi connectivity index (χ0n) is 11.1. The smallest absolute Gasteiger partial charge is 0.269 e. The van der Waals surface area contributed by atoms with Gasteiger partial charge in [-0.2, -0.15) is 17.6 Å². The summed E-state index contributed by atoms with van der Waals surface area (Å²) in [7, 11) is 0. The van der Waals surface area contributed by atoms with Gasteiger partial charge in [0.2, 0.25) is 0 Å². The number of alkyl halides is 4. The van der Waals surface area contributed by atoms with Crippen molar-refractivity contribution in [1.82, 2.24) is 9.55 Å². The summed E-state index contributed by atoms with van der Waals surface area (Å²) < 4.78 is 57.3. The summed E-state index contributed by atoms with van der Waals surface area (Å²) in [5.74, 6) is -4.40. The molecule has 0 saturated carbocycles. The van der Waals surface area contributed by atoms with E-state index in [9.17, 15) is 17.6 Å². The minimum absolute atomic E-state index is 0.0803. The quantitative estimate of drug-likeness (QED) is 0.774. The third-order valence-corrected chi connectivity index (χ3v) is 3.20. The van der Waals surface area contributed by atoms with E-state index in [4.69, 9.17) is 0 Å². The molecule has 0 atom stereocenters. The molecule has 6 heteroatoms. The van der Waals surface area contributed by atoms with Gasteiger partial charge < -0.3 is 0 Å². The highest BCUT2D eigenvalue weighted by molar-refractivity contribution is 5.31. The van der Waals surface area contributed by atoms with Gasteiger partial charge in [0.15, 0.2) is 0 Å². The molecule has 0 bridgehead atoms. The number of nitrogens with zero attached hydrogens (tertiary/aromatic N) is 2. The summed E-state index contributed by atoms with van der Waals surface area (Å²) in [6, 6.07) is 0.878. The lowest BCUT2D eigenvalue weighted by Gasteiger charge is -2.29. The number of hydrogen-bond donors (Lipinski definition) is 0. The Kier molecular flexibility index (Phi) is 3.58. The number of hydrogen-bond acceptors (Lipinski definition) is 1. The lowest BCUT2D eigenvalue weighted by atomic mass is 10.0. The molecule has 0 amide bonds. The molecule has 0 saturated heterocycles. The number of aryl methyl sites for hydroxylation is 2. The molecular formula is C14H14F4N2. The first-order valence-electron chi connectivity index (χ1n) is 6.16. The fourth-order valence-electron chi connectivity index (χ4n) is 2.09. The van der Waals surface area contributed by atoms with Gasteiger partial charge in [-0.15, -0.1) is 0 Å². The van der Waals surface area contributed by atoms with Gasteiger partial charge in [-0.3, -0.25) is 4.57 Å². The van der Waals surface area contributed by atoms with Crippen molar-refractivity contribution in [2.24, 2.45) is 0 Å². The van der Waals surface area contributed by atoms with E-state index in [1.54, 1.807) is 6.92 Å². The number of imidazole rings is 1. The van der Waals surface area contributed by atoms with Crippen LogP contribution in [-0.4, -0.2) is 9.55 Å². The molecule has 0 radical (unpaired) electrons. The predicted molar refractivity (Wildman–Crippen MR) is 66.9 cm³/mol. The SMILES string of the molecule is CCc1nccn1C(F)(F)C(F)(F)c1ccccc1C. The lowest BCUT2D eigenvalue weighted by Crippen LogP contribution is -2.41. The van der Waals surface area contributed by atoms with E-state index >= 15 is 0 Å². The highest BCUT2D eigenvalue weighted by Crippen LogP contribution is 2.47. The highest BCUT2D eigenvalue weighted by atomic mass is 19.3. The Balaban J connectivity index is 2.55. The molecule has 0 unspecified atom stereocenters. The second-order valence-electron chi connectivity index (χ2n) is 4.50. The topological polar surface area (TPSA) is 17.8 Å². The van der Waals surface area contributed by atoms with Gasteiger partial charge in [-0.05, 0) is 12.5 Å². The molecule has 2 nitrogen and oxygen atoms in total. The molecular weight excluding hydrogens is 272 g/mol. The van der Waals surface area contributed by atoms with Gasteiger partial charge in [0.1, 0.15) is 5.82 Å². The van der Waals surface area contributed by atoms with Crippen molar-refractivity contribution in [3.63, 3.8) is 0 Å². The van der Waals surface area contributed by atoms with Crippen molar-refractivity contribution < 1.29 is 17.6 Å². The molecule has 0 fully saturated rings. The van der Waals surface area contributed by atoms with Gasteiger partial charge in [-0.25, -0.2) is 4.98 Å². The summed E-state index contributed by atoms with van der Waals surface area (Å²) in [6.45, 7) is 2.97. The number of benzene rings is 1. The Labute approximate surface area is 114 Å². The Morgan fingerprint density at radius 1 is 1.15 bits per heavy atom. The molecule has 2 aromatic rings. The van der Waals surface area contributed by atoms with Gasteiger partial charge in [-0.1, -0.05) is 31.2 Å². The first-order chi connectivity index (χ1) is 9.32. The van der Waals surface area contributed by atoms with Crippen LogP contribution in [-0.2, 0) is 18.4 Å². The third kappa shape index (κ3) is 2.09. The van der Waals surface area contributed by atoms with E-state index in [1.807, 2.05) is 0 Å². The van der Waals surface area contributed by atoms with Crippen molar-refractivity contribution >= 4 is 0 Å². The third-order valence-electron chi connectivity index (χ3n) is 3.20. The maximum absolute atomic E-state index is 14.3. The maximum atomic E-state index is 14.3. The van der Waals surface area contributed by atoms with E-state index in [1.165, 1.54) is 25.1 Å². The highest BCUT2D eigenvalue weighted by Gasteiger charge is 2.60. The monoisotopic (exact) mass is 286 g/mol. The zero-order valence-corrected chi connectivity index (χ0v) is 11.1. The minimum Gasteiger partial charge on any atom is -0.269 e. The zero-order chi connectivity index (χ0) is 15.0. The number of halogens is 4. The van der Waals surface area contributed by atoms with E-state index in [-0.39, 0.29) is 22.4 Å². The summed E-state index contributed by atoms with van der Waals surface area (Å²) in [5.41, 5.74) is -0.559. The van der Waals surface area contributed by atoms with Crippen LogP contribution in [0.15, 0.2) is 36.7 Å². The largest absolute Gasteiger partial charge is 0.397 e. The molecule has 0 N–H and O–H groups in total. The van der Waals surface area contributed by atoms with Crippen molar-refractivity contribution in [3.05, 3.63) is 53.6 Å². The molecule has 0 aliphatic carbocycles. The molecule has 1 heterocycles. The Morgan fingerprint density at radius 2 is 1.80 bits per heavy atom. The molecule has 2 rings (SSSR count). The van der Waals surface area contributed by atoms with Crippen molar-refractivity contribution in [3.8, 4) is 0 Å². The van der Waals surface area contributed by atoms with E-state index < -0.39 is 17.5 Å². The van der Waals surface area contributed by atoms with E-state index in [2.05, 4.69) is 4.98 Å². The second-order valence-corrected chi connectivity index (χ2v) is 4.50. The molecule has 1 aromatic carbocycles. The molecule has 0 aliphatic rings. The van der Waals surface area contributed by atoms with Crippen molar-refractivity contribution in [2.75, 3.05) is 0 Å². The summed E-state index contributed by atoms with van der Waals surface area (Å²) in [5, 5.41) is 0. The normalized spacial score (nSPS) is 12.7. The van der Waals surface area contributed by atoms with Crippen LogP contribution in [0.4, 0.5) is 17.6 Å². The molecule has 1 aromatic heterocycles. The maximum Gasteiger partial charge on any atom is 0.397 e. The standard InChI is InChI=1S/C14H14F4N2/c1-3-12-19-8-9-20(12)14(17,18)13(15,16)11-7-5-4-6-10(11)2/h4-9H,3H2,1-2H3. The van der Waals surface area contributed by atoms with E-state index in [0.717, 1.165) is 18.5 Å². The van der Waals surface area contributed by atoms with Gasteiger partial charge >= 0.3 is 12.0 Å². The average molecular weight is 286 g/mol. The van der Waals surface area contributed by atoms with E-state index in [0.29, 0.717) is 0 Å². The van der Waals surface area contributed by atoms with Crippen LogP contribution in [0.1, 0.15) is 23.9 Å².